The molecule has 2 nitrogen and oxygen atoms in total. The lowest BCUT2D eigenvalue weighted by Gasteiger charge is -2.47. The molecule has 3 rings (SSSR count). The van der Waals surface area contributed by atoms with Gasteiger partial charge in [-0.1, -0.05) is 15.9 Å². The first-order valence-corrected chi connectivity index (χ1v) is 8.07. The van der Waals surface area contributed by atoms with E-state index in [1.165, 1.54) is 28.6 Å². The zero-order valence-electron chi connectivity index (χ0n) is 12.0. The van der Waals surface area contributed by atoms with Crippen molar-refractivity contribution < 1.29 is 0 Å². The highest BCUT2D eigenvalue weighted by atomic mass is 79.9. The van der Waals surface area contributed by atoms with E-state index in [0.717, 1.165) is 19.0 Å². The fourth-order valence-electron chi connectivity index (χ4n) is 3.20. The van der Waals surface area contributed by atoms with Crippen molar-refractivity contribution in [3.8, 4) is 0 Å². The van der Waals surface area contributed by atoms with Crippen molar-refractivity contribution in [2.24, 2.45) is 5.92 Å². The first-order chi connectivity index (χ1) is 8.99. The van der Waals surface area contributed by atoms with Gasteiger partial charge in [-0.2, -0.15) is 0 Å². The molecule has 1 aromatic carbocycles. The molecule has 2 fully saturated rings. The zero-order chi connectivity index (χ0) is 13.6. The summed E-state index contributed by atoms with van der Waals surface area (Å²) in [4.78, 5) is 2.58. The summed E-state index contributed by atoms with van der Waals surface area (Å²) >= 11 is 3.59. The summed E-state index contributed by atoms with van der Waals surface area (Å²) < 4.78 is 1.20. The monoisotopic (exact) mass is 322 g/mol. The average Bonchev–Trinajstić information content (AvgIpc) is 3.21. The van der Waals surface area contributed by atoms with Gasteiger partial charge in [0.1, 0.15) is 0 Å². The van der Waals surface area contributed by atoms with E-state index < -0.39 is 0 Å². The molecule has 2 atom stereocenters. The van der Waals surface area contributed by atoms with E-state index in [9.17, 15) is 0 Å². The number of rotatable bonds is 2. The number of hydrogen-bond acceptors (Lipinski definition) is 2. The molecule has 19 heavy (non-hydrogen) atoms. The van der Waals surface area contributed by atoms with Crippen LogP contribution in [0.1, 0.15) is 32.3 Å². The van der Waals surface area contributed by atoms with Gasteiger partial charge in [0.15, 0.2) is 0 Å². The number of piperazine rings is 1. The number of halogens is 1. The molecule has 0 aromatic heterocycles. The molecule has 0 spiro atoms. The Morgan fingerprint density at radius 1 is 1.37 bits per heavy atom. The Hall–Kier alpha value is -0.540. The van der Waals surface area contributed by atoms with Crippen molar-refractivity contribution in [2.45, 2.75) is 45.2 Å². The van der Waals surface area contributed by atoms with Gasteiger partial charge in [0.05, 0.1) is 0 Å². The van der Waals surface area contributed by atoms with Crippen LogP contribution in [-0.2, 0) is 0 Å². The Bertz CT molecular complexity index is 484. The van der Waals surface area contributed by atoms with Gasteiger partial charge in [0.2, 0.25) is 0 Å². The maximum atomic E-state index is 3.78. The SMILES string of the molecule is Cc1cc(N2CC(C)(C3CC3)NCC2C)ccc1Br. The van der Waals surface area contributed by atoms with Gasteiger partial charge in [-0.3, -0.25) is 0 Å². The second-order valence-corrected chi connectivity index (χ2v) is 7.34. The lowest BCUT2D eigenvalue weighted by Crippen LogP contribution is -2.63. The third-order valence-corrected chi connectivity index (χ3v) is 5.67. The largest absolute Gasteiger partial charge is 0.366 e. The minimum Gasteiger partial charge on any atom is -0.366 e. The molecule has 1 saturated heterocycles. The molecule has 104 valence electrons. The van der Waals surface area contributed by atoms with E-state index in [0.29, 0.717) is 11.6 Å². The summed E-state index contributed by atoms with van der Waals surface area (Å²) in [7, 11) is 0. The number of benzene rings is 1. The number of nitrogens with zero attached hydrogens (tertiary/aromatic N) is 1. The smallest absolute Gasteiger partial charge is 0.0387 e. The van der Waals surface area contributed by atoms with Crippen molar-refractivity contribution in [3.05, 3.63) is 28.2 Å². The van der Waals surface area contributed by atoms with Crippen molar-refractivity contribution in [1.29, 1.82) is 0 Å². The van der Waals surface area contributed by atoms with Crippen LogP contribution in [0.15, 0.2) is 22.7 Å². The molecule has 0 radical (unpaired) electrons. The predicted octanol–water partition coefficient (Wildman–Crippen LogP) is 3.72. The fourth-order valence-corrected chi connectivity index (χ4v) is 3.45. The average molecular weight is 323 g/mol. The van der Waals surface area contributed by atoms with E-state index in [4.69, 9.17) is 0 Å². The lowest BCUT2D eigenvalue weighted by molar-refractivity contribution is 0.261. The van der Waals surface area contributed by atoms with Crippen LogP contribution >= 0.6 is 15.9 Å². The van der Waals surface area contributed by atoms with Crippen molar-refractivity contribution >= 4 is 21.6 Å². The van der Waals surface area contributed by atoms with Crippen LogP contribution < -0.4 is 10.2 Å². The van der Waals surface area contributed by atoms with Gasteiger partial charge >= 0.3 is 0 Å². The number of nitrogens with one attached hydrogen (secondary N) is 1. The van der Waals surface area contributed by atoms with Gasteiger partial charge in [-0.15, -0.1) is 0 Å². The minimum atomic E-state index is 0.299. The third-order valence-electron chi connectivity index (χ3n) is 4.78. The Morgan fingerprint density at radius 2 is 2.11 bits per heavy atom. The number of anilines is 1. The van der Waals surface area contributed by atoms with Crippen molar-refractivity contribution in [3.63, 3.8) is 0 Å². The van der Waals surface area contributed by atoms with E-state index in [1.54, 1.807) is 0 Å². The molecule has 0 amide bonds. The van der Waals surface area contributed by atoms with Crippen LogP contribution in [0.3, 0.4) is 0 Å². The van der Waals surface area contributed by atoms with Crippen LogP contribution in [0, 0.1) is 12.8 Å². The summed E-state index contributed by atoms with van der Waals surface area (Å²) in [5.74, 6) is 0.874. The zero-order valence-corrected chi connectivity index (χ0v) is 13.6. The topological polar surface area (TPSA) is 15.3 Å². The van der Waals surface area contributed by atoms with Crippen molar-refractivity contribution in [2.75, 3.05) is 18.0 Å². The first-order valence-electron chi connectivity index (χ1n) is 7.27. The lowest BCUT2D eigenvalue weighted by atomic mass is 9.90. The van der Waals surface area contributed by atoms with Gasteiger partial charge in [0.25, 0.3) is 0 Å². The molecule has 1 saturated carbocycles. The Kier molecular flexibility index (Phi) is 3.38. The van der Waals surface area contributed by atoms with Crippen LogP contribution in [0.2, 0.25) is 0 Å². The van der Waals surface area contributed by atoms with Crippen LogP contribution in [-0.4, -0.2) is 24.7 Å². The summed E-state index contributed by atoms with van der Waals surface area (Å²) in [6, 6.07) is 7.28. The van der Waals surface area contributed by atoms with Crippen molar-refractivity contribution in [1.82, 2.24) is 5.32 Å². The molecular formula is C16H23BrN2. The predicted molar refractivity (Wildman–Crippen MR) is 84.8 cm³/mol. The molecule has 1 aromatic rings. The van der Waals surface area contributed by atoms with Crippen LogP contribution in [0.25, 0.3) is 0 Å². The summed E-state index contributed by atoms with van der Waals surface area (Å²) in [5, 5.41) is 3.78. The van der Waals surface area contributed by atoms with E-state index in [1.807, 2.05) is 0 Å². The Labute approximate surface area is 124 Å². The minimum absolute atomic E-state index is 0.299. The van der Waals surface area contributed by atoms with Crippen LogP contribution in [0.4, 0.5) is 5.69 Å². The molecule has 2 aliphatic rings. The first kappa shape index (κ1) is 13.4. The third kappa shape index (κ3) is 2.55. The molecule has 1 aliphatic carbocycles. The second kappa shape index (κ2) is 4.78. The highest BCUT2D eigenvalue weighted by Gasteiger charge is 2.45. The second-order valence-electron chi connectivity index (χ2n) is 6.48. The normalized spacial score (nSPS) is 31.6. The fraction of sp³-hybridized carbons (Fsp3) is 0.625. The van der Waals surface area contributed by atoms with E-state index >= 15 is 0 Å². The van der Waals surface area contributed by atoms with Gasteiger partial charge in [-0.05, 0) is 63.3 Å². The van der Waals surface area contributed by atoms with E-state index in [-0.39, 0.29) is 0 Å². The molecular weight excluding hydrogens is 300 g/mol. The van der Waals surface area contributed by atoms with E-state index in [2.05, 4.69) is 65.1 Å². The van der Waals surface area contributed by atoms with Gasteiger partial charge < -0.3 is 10.2 Å². The molecule has 1 heterocycles. The molecule has 1 aliphatic heterocycles. The van der Waals surface area contributed by atoms with Gasteiger partial charge in [0, 0.05) is 34.8 Å². The Morgan fingerprint density at radius 3 is 2.74 bits per heavy atom. The molecule has 2 unspecified atom stereocenters. The summed E-state index contributed by atoms with van der Waals surface area (Å²) in [6.07, 6.45) is 2.79. The maximum absolute atomic E-state index is 3.78. The summed E-state index contributed by atoms with van der Waals surface area (Å²) in [6.45, 7) is 9.09. The molecule has 3 heteroatoms. The standard InChI is InChI=1S/C16H23BrN2/c1-11-8-14(6-7-15(11)17)19-10-16(3,13-4-5-13)18-9-12(19)2/h6-8,12-13,18H,4-5,9-10H2,1-3H3. The highest BCUT2D eigenvalue weighted by molar-refractivity contribution is 9.10. The highest BCUT2D eigenvalue weighted by Crippen LogP contribution is 2.42. The quantitative estimate of drug-likeness (QED) is 0.892. The number of hydrogen-bond donors (Lipinski definition) is 1. The van der Waals surface area contributed by atoms with Gasteiger partial charge in [-0.25, -0.2) is 0 Å². The Balaban J connectivity index is 1.86. The van der Waals surface area contributed by atoms with Crippen LogP contribution in [0.5, 0.6) is 0 Å². The summed E-state index contributed by atoms with van der Waals surface area (Å²) in [5.41, 5.74) is 2.98. The maximum Gasteiger partial charge on any atom is 0.0387 e. The molecule has 1 N–H and O–H groups in total. The molecule has 0 bridgehead atoms. The number of aryl methyl sites for hydroxylation is 1.